The summed E-state index contributed by atoms with van der Waals surface area (Å²) in [7, 11) is 0. The zero-order chi connectivity index (χ0) is 11.8. The highest BCUT2D eigenvalue weighted by Crippen LogP contribution is 2.54. The van der Waals surface area contributed by atoms with Crippen LogP contribution in [0.5, 0.6) is 0 Å². The summed E-state index contributed by atoms with van der Waals surface area (Å²) < 4.78 is 0. The van der Waals surface area contributed by atoms with Crippen molar-refractivity contribution in [3.05, 3.63) is 0 Å². The first kappa shape index (κ1) is 12.4. The van der Waals surface area contributed by atoms with Crippen molar-refractivity contribution in [1.82, 2.24) is 10.6 Å². The predicted molar refractivity (Wildman–Crippen MR) is 69.5 cm³/mol. The van der Waals surface area contributed by atoms with Crippen LogP contribution in [0.2, 0.25) is 0 Å². The number of fused-ring (bicyclic) bond motifs is 1. The Kier molecular flexibility index (Phi) is 3.60. The van der Waals surface area contributed by atoms with Gasteiger partial charge in [-0.2, -0.15) is 0 Å². The molecule has 0 amide bonds. The number of rotatable bonds is 5. The van der Waals surface area contributed by atoms with E-state index in [1.54, 1.807) is 0 Å². The standard InChI is InChI=1S/C14H28N2/c1-10(8-16-14(2,3)4)15-9-11-5-12-7-13(12)6-11/h10-13,15-16H,5-9H2,1-4H3. The minimum Gasteiger partial charge on any atom is -0.313 e. The lowest BCUT2D eigenvalue weighted by Gasteiger charge is -2.25. The van der Waals surface area contributed by atoms with Crippen molar-refractivity contribution in [2.75, 3.05) is 13.1 Å². The topological polar surface area (TPSA) is 24.1 Å². The van der Waals surface area contributed by atoms with Gasteiger partial charge in [-0.3, -0.25) is 0 Å². The van der Waals surface area contributed by atoms with Crippen LogP contribution in [0, 0.1) is 17.8 Å². The quantitative estimate of drug-likeness (QED) is 0.749. The lowest BCUT2D eigenvalue weighted by atomic mass is 10.0. The van der Waals surface area contributed by atoms with Gasteiger partial charge in [0.25, 0.3) is 0 Å². The Bertz CT molecular complexity index is 221. The van der Waals surface area contributed by atoms with Crippen molar-refractivity contribution in [2.24, 2.45) is 17.8 Å². The molecular formula is C14H28N2. The van der Waals surface area contributed by atoms with Crippen molar-refractivity contribution >= 4 is 0 Å². The minimum absolute atomic E-state index is 0.241. The normalized spacial score (nSPS) is 34.9. The van der Waals surface area contributed by atoms with E-state index in [0.717, 1.165) is 24.3 Å². The van der Waals surface area contributed by atoms with Crippen LogP contribution in [0.3, 0.4) is 0 Å². The monoisotopic (exact) mass is 224 g/mol. The van der Waals surface area contributed by atoms with Crippen molar-refractivity contribution in [2.45, 2.75) is 58.5 Å². The zero-order valence-electron chi connectivity index (χ0n) is 11.3. The molecule has 0 saturated heterocycles. The largest absolute Gasteiger partial charge is 0.313 e. The summed E-state index contributed by atoms with van der Waals surface area (Å²) in [5, 5.41) is 7.23. The van der Waals surface area contributed by atoms with E-state index < -0.39 is 0 Å². The van der Waals surface area contributed by atoms with Crippen LogP contribution in [0.4, 0.5) is 0 Å². The highest BCUT2D eigenvalue weighted by molar-refractivity contribution is 4.96. The van der Waals surface area contributed by atoms with Crippen LogP contribution in [-0.4, -0.2) is 24.7 Å². The second kappa shape index (κ2) is 4.66. The Morgan fingerprint density at radius 1 is 1.12 bits per heavy atom. The van der Waals surface area contributed by atoms with E-state index in [1.165, 1.54) is 25.8 Å². The molecule has 94 valence electrons. The summed E-state index contributed by atoms with van der Waals surface area (Å²) in [4.78, 5) is 0. The van der Waals surface area contributed by atoms with E-state index in [1.807, 2.05) is 0 Å². The predicted octanol–water partition coefficient (Wildman–Crippen LogP) is 2.40. The van der Waals surface area contributed by atoms with Gasteiger partial charge in [0.1, 0.15) is 0 Å². The summed E-state index contributed by atoms with van der Waals surface area (Å²) in [6, 6.07) is 0.594. The molecule has 2 heteroatoms. The number of hydrogen-bond acceptors (Lipinski definition) is 2. The molecule has 0 heterocycles. The molecule has 2 saturated carbocycles. The number of hydrogen-bond donors (Lipinski definition) is 2. The van der Waals surface area contributed by atoms with Gasteiger partial charge in [0.05, 0.1) is 0 Å². The molecule has 2 fully saturated rings. The van der Waals surface area contributed by atoms with E-state index in [9.17, 15) is 0 Å². The molecule has 0 aromatic rings. The van der Waals surface area contributed by atoms with Gasteiger partial charge in [0, 0.05) is 18.1 Å². The molecule has 3 unspecified atom stereocenters. The fourth-order valence-electron chi connectivity index (χ4n) is 2.91. The van der Waals surface area contributed by atoms with Gasteiger partial charge in [-0.15, -0.1) is 0 Å². The molecular weight excluding hydrogens is 196 g/mol. The second-order valence-electron chi connectivity index (χ2n) is 7.03. The molecule has 0 aromatic heterocycles. The first-order valence-electron chi connectivity index (χ1n) is 6.92. The van der Waals surface area contributed by atoms with E-state index in [0.29, 0.717) is 6.04 Å². The molecule has 0 bridgehead atoms. The van der Waals surface area contributed by atoms with Crippen molar-refractivity contribution in [3.63, 3.8) is 0 Å². The summed E-state index contributed by atoms with van der Waals surface area (Å²) >= 11 is 0. The Morgan fingerprint density at radius 3 is 2.31 bits per heavy atom. The first-order chi connectivity index (χ1) is 7.44. The smallest absolute Gasteiger partial charge is 0.0164 e. The van der Waals surface area contributed by atoms with E-state index >= 15 is 0 Å². The van der Waals surface area contributed by atoms with Crippen LogP contribution in [0.25, 0.3) is 0 Å². The molecule has 2 aliphatic carbocycles. The van der Waals surface area contributed by atoms with Crippen molar-refractivity contribution < 1.29 is 0 Å². The van der Waals surface area contributed by atoms with Gasteiger partial charge < -0.3 is 10.6 Å². The van der Waals surface area contributed by atoms with E-state index in [-0.39, 0.29) is 5.54 Å². The van der Waals surface area contributed by atoms with Crippen molar-refractivity contribution in [1.29, 1.82) is 0 Å². The molecule has 0 aromatic carbocycles. The van der Waals surface area contributed by atoms with Gasteiger partial charge in [0.2, 0.25) is 0 Å². The van der Waals surface area contributed by atoms with Crippen LogP contribution in [0.1, 0.15) is 47.0 Å². The molecule has 3 atom stereocenters. The molecule has 2 nitrogen and oxygen atoms in total. The van der Waals surface area contributed by atoms with E-state index in [4.69, 9.17) is 0 Å². The summed E-state index contributed by atoms with van der Waals surface area (Å²) in [5.74, 6) is 3.21. The molecule has 2 N–H and O–H groups in total. The van der Waals surface area contributed by atoms with E-state index in [2.05, 4.69) is 38.3 Å². The maximum absolute atomic E-state index is 3.68. The Labute approximate surface area is 101 Å². The maximum atomic E-state index is 3.68. The van der Waals surface area contributed by atoms with Gasteiger partial charge in [-0.1, -0.05) is 0 Å². The molecule has 2 rings (SSSR count). The zero-order valence-corrected chi connectivity index (χ0v) is 11.3. The third-order valence-corrected chi connectivity index (χ3v) is 4.03. The van der Waals surface area contributed by atoms with Crippen LogP contribution < -0.4 is 10.6 Å². The molecule has 0 aliphatic heterocycles. The van der Waals surface area contributed by atoms with Gasteiger partial charge in [0.15, 0.2) is 0 Å². The Hall–Kier alpha value is -0.0800. The average Bonchev–Trinajstić information content (AvgIpc) is 2.79. The fourth-order valence-corrected chi connectivity index (χ4v) is 2.91. The SMILES string of the molecule is CC(CNC(C)(C)C)NCC1CC2CC2C1. The molecule has 2 aliphatic rings. The van der Waals surface area contributed by atoms with Crippen LogP contribution in [0.15, 0.2) is 0 Å². The lowest BCUT2D eigenvalue weighted by Crippen LogP contribution is -2.45. The first-order valence-corrected chi connectivity index (χ1v) is 6.92. The van der Waals surface area contributed by atoms with Crippen molar-refractivity contribution in [3.8, 4) is 0 Å². The number of nitrogens with one attached hydrogen (secondary N) is 2. The van der Waals surface area contributed by atoms with Crippen LogP contribution in [-0.2, 0) is 0 Å². The fraction of sp³-hybridized carbons (Fsp3) is 1.00. The molecule has 0 spiro atoms. The Morgan fingerprint density at radius 2 is 1.75 bits per heavy atom. The van der Waals surface area contributed by atoms with Gasteiger partial charge in [-0.05, 0) is 71.3 Å². The Balaban J connectivity index is 1.55. The summed E-state index contributed by atoms with van der Waals surface area (Å²) in [5.41, 5.74) is 0.241. The summed E-state index contributed by atoms with van der Waals surface area (Å²) in [6.45, 7) is 11.3. The second-order valence-corrected chi connectivity index (χ2v) is 7.03. The summed E-state index contributed by atoms with van der Waals surface area (Å²) in [6.07, 6.45) is 4.53. The average molecular weight is 224 g/mol. The minimum atomic E-state index is 0.241. The van der Waals surface area contributed by atoms with Gasteiger partial charge >= 0.3 is 0 Å². The lowest BCUT2D eigenvalue weighted by molar-refractivity contribution is 0.364. The maximum Gasteiger partial charge on any atom is 0.0164 e. The van der Waals surface area contributed by atoms with Gasteiger partial charge in [-0.25, -0.2) is 0 Å². The third kappa shape index (κ3) is 3.74. The third-order valence-electron chi connectivity index (χ3n) is 4.03. The molecule has 16 heavy (non-hydrogen) atoms. The highest BCUT2D eigenvalue weighted by atomic mass is 15.0. The van der Waals surface area contributed by atoms with Crippen LogP contribution >= 0.6 is 0 Å². The highest BCUT2D eigenvalue weighted by Gasteiger charge is 2.45. The molecule has 0 radical (unpaired) electrons.